The van der Waals surface area contributed by atoms with Gasteiger partial charge < -0.3 is 15.4 Å². The molecular weight excluding hydrogens is 188 g/mol. The second kappa shape index (κ2) is 3.65. The van der Waals surface area contributed by atoms with Crippen LogP contribution in [0.2, 0.25) is 0 Å². The van der Waals surface area contributed by atoms with E-state index < -0.39 is 0 Å². The van der Waals surface area contributed by atoms with Crippen molar-refractivity contribution < 1.29 is 4.74 Å². The van der Waals surface area contributed by atoms with Crippen LogP contribution in [0.1, 0.15) is 13.8 Å². The number of fused-ring (bicyclic) bond motifs is 1. The molecule has 1 heterocycles. The average molecular weight is 206 g/mol. The van der Waals surface area contributed by atoms with Crippen molar-refractivity contribution in [1.82, 2.24) is 0 Å². The van der Waals surface area contributed by atoms with Crippen LogP contribution >= 0.6 is 0 Å². The van der Waals surface area contributed by atoms with Crippen LogP contribution in [0.3, 0.4) is 0 Å². The van der Waals surface area contributed by atoms with Crippen molar-refractivity contribution in [2.45, 2.75) is 13.8 Å². The summed E-state index contributed by atoms with van der Waals surface area (Å²) in [6.45, 7) is 6.41. The molecule has 0 fully saturated rings. The molecule has 82 valence electrons. The fourth-order valence-electron chi connectivity index (χ4n) is 1.76. The van der Waals surface area contributed by atoms with Gasteiger partial charge in [0.05, 0.1) is 12.8 Å². The Hall–Kier alpha value is -1.38. The molecular formula is C12H18N2O. The summed E-state index contributed by atoms with van der Waals surface area (Å²) >= 11 is 0. The molecule has 0 saturated carbocycles. The number of rotatable bonds is 1. The minimum Gasteiger partial charge on any atom is -0.495 e. The maximum absolute atomic E-state index is 5.33. The van der Waals surface area contributed by atoms with Crippen LogP contribution in [-0.2, 0) is 0 Å². The summed E-state index contributed by atoms with van der Waals surface area (Å²) in [6, 6.07) is 6.06. The molecule has 1 aliphatic rings. The van der Waals surface area contributed by atoms with E-state index in [1.54, 1.807) is 7.11 Å². The Kier molecular flexibility index (Phi) is 2.47. The van der Waals surface area contributed by atoms with E-state index in [9.17, 15) is 0 Å². The first-order valence-electron chi connectivity index (χ1n) is 5.27. The van der Waals surface area contributed by atoms with Crippen molar-refractivity contribution in [1.29, 1.82) is 0 Å². The molecule has 15 heavy (non-hydrogen) atoms. The van der Waals surface area contributed by atoms with Gasteiger partial charge in [-0.05, 0) is 17.5 Å². The summed E-state index contributed by atoms with van der Waals surface area (Å²) in [7, 11) is 1.70. The number of anilines is 2. The summed E-state index contributed by atoms with van der Waals surface area (Å²) in [5, 5.41) is 6.90. The van der Waals surface area contributed by atoms with E-state index in [1.807, 2.05) is 12.1 Å². The van der Waals surface area contributed by atoms with Crippen molar-refractivity contribution in [3.63, 3.8) is 0 Å². The minimum absolute atomic E-state index is 0.254. The van der Waals surface area contributed by atoms with E-state index in [-0.39, 0.29) is 5.41 Å². The SMILES string of the molecule is COc1cccc2c1NCC(C)(C)CN2. The lowest BCUT2D eigenvalue weighted by molar-refractivity contribution is 0.412. The summed E-state index contributed by atoms with van der Waals surface area (Å²) in [4.78, 5) is 0. The predicted octanol–water partition coefficient (Wildman–Crippen LogP) is 2.56. The van der Waals surface area contributed by atoms with E-state index in [0.29, 0.717) is 0 Å². The van der Waals surface area contributed by atoms with Gasteiger partial charge in [-0.2, -0.15) is 0 Å². The minimum atomic E-state index is 0.254. The number of methoxy groups -OCH3 is 1. The molecule has 0 unspecified atom stereocenters. The standard InChI is InChI=1S/C12H18N2O/c1-12(2)7-13-9-5-4-6-10(15-3)11(9)14-8-12/h4-6,13-14H,7-8H2,1-3H3. The molecule has 1 aromatic rings. The highest BCUT2D eigenvalue weighted by Gasteiger charge is 2.23. The maximum Gasteiger partial charge on any atom is 0.144 e. The average Bonchev–Trinajstić information content (AvgIpc) is 2.38. The highest BCUT2D eigenvalue weighted by molar-refractivity contribution is 5.76. The summed E-state index contributed by atoms with van der Waals surface area (Å²) in [5.74, 6) is 0.901. The quantitative estimate of drug-likeness (QED) is 0.741. The van der Waals surface area contributed by atoms with Gasteiger partial charge in [0.15, 0.2) is 0 Å². The van der Waals surface area contributed by atoms with Crippen LogP contribution < -0.4 is 15.4 Å². The Morgan fingerprint density at radius 1 is 1.20 bits per heavy atom. The lowest BCUT2D eigenvalue weighted by atomic mass is 9.94. The molecule has 2 rings (SSSR count). The third-order valence-electron chi connectivity index (χ3n) is 2.75. The van der Waals surface area contributed by atoms with E-state index in [2.05, 4.69) is 30.5 Å². The fraction of sp³-hybridized carbons (Fsp3) is 0.500. The van der Waals surface area contributed by atoms with Gasteiger partial charge in [0, 0.05) is 13.1 Å². The zero-order valence-corrected chi connectivity index (χ0v) is 9.55. The molecule has 0 saturated heterocycles. The molecule has 0 atom stereocenters. The first kappa shape index (κ1) is 10.1. The number of para-hydroxylation sites is 1. The van der Waals surface area contributed by atoms with Gasteiger partial charge in [-0.25, -0.2) is 0 Å². The van der Waals surface area contributed by atoms with Crippen molar-refractivity contribution in [3.8, 4) is 5.75 Å². The lowest BCUT2D eigenvalue weighted by Gasteiger charge is -2.21. The van der Waals surface area contributed by atoms with Crippen LogP contribution in [0.15, 0.2) is 18.2 Å². The summed E-state index contributed by atoms with van der Waals surface area (Å²) < 4.78 is 5.33. The Morgan fingerprint density at radius 3 is 2.67 bits per heavy atom. The van der Waals surface area contributed by atoms with E-state index in [4.69, 9.17) is 4.74 Å². The van der Waals surface area contributed by atoms with Gasteiger partial charge in [0.25, 0.3) is 0 Å². The van der Waals surface area contributed by atoms with Crippen LogP contribution in [0, 0.1) is 5.41 Å². The van der Waals surface area contributed by atoms with Gasteiger partial charge in [-0.1, -0.05) is 19.9 Å². The predicted molar refractivity (Wildman–Crippen MR) is 63.8 cm³/mol. The van der Waals surface area contributed by atoms with Gasteiger partial charge in [0.2, 0.25) is 0 Å². The van der Waals surface area contributed by atoms with Crippen LogP contribution in [0.25, 0.3) is 0 Å². The van der Waals surface area contributed by atoms with Crippen molar-refractivity contribution >= 4 is 11.4 Å². The number of hydrogen-bond acceptors (Lipinski definition) is 3. The van der Waals surface area contributed by atoms with E-state index in [1.165, 1.54) is 0 Å². The zero-order valence-electron chi connectivity index (χ0n) is 9.55. The van der Waals surface area contributed by atoms with Crippen molar-refractivity contribution in [2.24, 2.45) is 5.41 Å². The van der Waals surface area contributed by atoms with Gasteiger partial charge in [-0.15, -0.1) is 0 Å². The molecule has 0 bridgehead atoms. The molecule has 0 radical (unpaired) electrons. The maximum atomic E-state index is 5.33. The van der Waals surface area contributed by atoms with Gasteiger partial charge in [0.1, 0.15) is 11.4 Å². The molecule has 1 aliphatic heterocycles. The monoisotopic (exact) mass is 206 g/mol. The third kappa shape index (κ3) is 2.01. The first-order valence-corrected chi connectivity index (χ1v) is 5.27. The lowest BCUT2D eigenvalue weighted by Crippen LogP contribution is -2.27. The molecule has 0 aliphatic carbocycles. The van der Waals surface area contributed by atoms with E-state index >= 15 is 0 Å². The fourth-order valence-corrected chi connectivity index (χ4v) is 1.76. The van der Waals surface area contributed by atoms with Gasteiger partial charge in [-0.3, -0.25) is 0 Å². The summed E-state index contributed by atoms with van der Waals surface area (Å²) in [6.07, 6.45) is 0. The molecule has 0 amide bonds. The molecule has 2 N–H and O–H groups in total. The first-order chi connectivity index (χ1) is 7.12. The highest BCUT2D eigenvalue weighted by atomic mass is 16.5. The number of hydrogen-bond donors (Lipinski definition) is 2. The van der Waals surface area contributed by atoms with Crippen molar-refractivity contribution in [2.75, 3.05) is 30.8 Å². The Labute approximate surface area is 90.8 Å². The Bertz CT molecular complexity index is 361. The topological polar surface area (TPSA) is 33.3 Å². The van der Waals surface area contributed by atoms with Gasteiger partial charge >= 0.3 is 0 Å². The number of ether oxygens (including phenoxy) is 1. The van der Waals surface area contributed by atoms with Crippen LogP contribution in [-0.4, -0.2) is 20.2 Å². The van der Waals surface area contributed by atoms with Crippen molar-refractivity contribution in [3.05, 3.63) is 18.2 Å². The molecule has 3 heteroatoms. The molecule has 0 spiro atoms. The molecule has 0 aromatic heterocycles. The Balaban J connectivity index is 2.35. The zero-order chi connectivity index (χ0) is 10.9. The Morgan fingerprint density at radius 2 is 1.93 bits per heavy atom. The van der Waals surface area contributed by atoms with Crippen LogP contribution in [0.5, 0.6) is 5.75 Å². The second-order valence-electron chi connectivity index (χ2n) is 4.75. The number of benzene rings is 1. The largest absolute Gasteiger partial charge is 0.495 e. The second-order valence-corrected chi connectivity index (χ2v) is 4.75. The number of nitrogens with one attached hydrogen (secondary N) is 2. The highest BCUT2D eigenvalue weighted by Crippen LogP contribution is 2.36. The van der Waals surface area contributed by atoms with Crippen LogP contribution in [0.4, 0.5) is 11.4 Å². The molecule has 3 nitrogen and oxygen atoms in total. The summed E-state index contributed by atoms with van der Waals surface area (Å²) in [5.41, 5.74) is 2.45. The third-order valence-corrected chi connectivity index (χ3v) is 2.75. The van der Waals surface area contributed by atoms with E-state index in [0.717, 1.165) is 30.2 Å². The smallest absolute Gasteiger partial charge is 0.144 e. The normalized spacial score (nSPS) is 18.1. The molecule has 1 aromatic carbocycles.